The number of carbonyl (C=O) groups is 1. The molecule has 9 heavy (non-hydrogen) atoms. The highest BCUT2D eigenvalue weighted by atomic mass is 35.5. The van der Waals surface area contributed by atoms with Crippen LogP contribution >= 0.6 is 11.6 Å². The molecule has 3 nitrogen and oxygen atoms in total. The second kappa shape index (κ2) is 2.54. The maximum absolute atomic E-state index is 10.1. The lowest BCUT2D eigenvalue weighted by molar-refractivity contribution is -0.156. The van der Waals surface area contributed by atoms with Crippen molar-refractivity contribution < 1.29 is 15.0 Å². The van der Waals surface area contributed by atoms with Crippen molar-refractivity contribution in [3.05, 3.63) is 0 Å². The molecule has 0 bridgehead atoms. The molecule has 0 aromatic rings. The van der Waals surface area contributed by atoms with Gasteiger partial charge in [0.25, 0.3) is 0 Å². The van der Waals surface area contributed by atoms with Crippen LogP contribution in [-0.4, -0.2) is 27.2 Å². The summed E-state index contributed by atoms with van der Waals surface area (Å²) in [4.78, 5) is 10.1. The highest BCUT2D eigenvalue weighted by molar-refractivity contribution is 6.22. The third-order valence-electron chi connectivity index (χ3n) is 1.21. The Morgan fingerprint density at radius 3 is 2.11 bits per heavy atom. The minimum Gasteiger partial charge on any atom is -0.479 e. The van der Waals surface area contributed by atoms with Crippen LogP contribution < -0.4 is 0 Å². The molecule has 0 amide bonds. The summed E-state index contributed by atoms with van der Waals surface area (Å²) in [7, 11) is 0. The van der Waals surface area contributed by atoms with Gasteiger partial charge in [-0.3, -0.25) is 0 Å². The number of hydrogen-bond donors (Lipinski definition) is 2. The topological polar surface area (TPSA) is 57.5 Å². The molecule has 0 aliphatic rings. The van der Waals surface area contributed by atoms with Crippen LogP contribution in [0.3, 0.4) is 0 Å². The van der Waals surface area contributed by atoms with Gasteiger partial charge in [-0.1, -0.05) is 0 Å². The van der Waals surface area contributed by atoms with E-state index in [1.807, 2.05) is 0 Å². The van der Waals surface area contributed by atoms with E-state index in [1.165, 1.54) is 6.92 Å². The van der Waals surface area contributed by atoms with Gasteiger partial charge < -0.3 is 10.2 Å². The summed E-state index contributed by atoms with van der Waals surface area (Å²) in [6, 6.07) is 0. The Hall–Kier alpha value is -0.280. The Morgan fingerprint density at radius 1 is 1.78 bits per heavy atom. The van der Waals surface area contributed by atoms with Gasteiger partial charge in [-0.25, -0.2) is 4.79 Å². The third-order valence-corrected chi connectivity index (χ3v) is 1.63. The van der Waals surface area contributed by atoms with Crippen LogP contribution in [0.4, 0.5) is 0 Å². The quantitative estimate of drug-likeness (QED) is 0.565. The molecule has 0 heterocycles. The molecule has 0 unspecified atom stereocenters. The molecule has 0 aliphatic carbocycles. The molecular weight excluding hydrogens is 144 g/mol. The first kappa shape index (κ1) is 8.72. The van der Waals surface area contributed by atoms with E-state index in [9.17, 15) is 4.79 Å². The highest BCUT2D eigenvalue weighted by Gasteiger charge is 2.35. The molecule has 4 heteroatoms. The zero-order valence-corrected chi connectivity index (χ0v) is 6.01. The lowest BCUT2D eigenvalue weighted by Crippen LogP contribution is -2.42. The summed E-state index contributed by atoms with van der Waals surface area (Å²) in [5, 5.41) is 16.4. The second-order valence-corrected chi connectivity index (χ2v) is 2.72. The maximum atomic E-state index is 10.1. The average Bonchev–Trinajstić information content (AvgIpc) is 1.65. The van der Waals surface area contributed by atoms with Crippen LogP contribution in [0.15, 0.2) is 0 Å². The summed E-state index contributed by atoms with van der Waals surface area (Å²) in [5.74, 6) is -1.30. The molecule has 0 aliphatic heterocycles. The minimum atomic E-state index is -1.82. The van der Waals surface area contributed by atoms with Crippen molar-refractivity contribution in [1.29, 1.82) is 0 Å². The van der Waals surface area contributed by atoms with Gasteiger partial charge in [-0.15, -0.1) is 11.6 Å². The van der Waals surface area contributed by atoms with E-state index in [0.717, 1.165) is 6.92 Å². The Labute approximate surface area is 58.3 Å². The van der Waals surface area contributed by atoms with Crippen LogP contribution in [-0.2, 0) is 4.79 Å². The third kappa shape index (κ3) is 1.84. The summed E-state index contributed by atoms with van der Waals surface area (Å²) >= 11 is 5.33. The van der Waals surface area contributed by atoms with Crippen LogP contribution in [0.25, 0.3) is 0 Å². The standard InChI is InChI=1S/C5H9ClO3/c1-3(6)5(2,9)4(7)8/h3,9H,1-2H3,(H,7,8)/t3-,5+/m1/s1. The van der Waals surface area contributed by atoms with Gasteiger partial charge in [-0.05, 0) is 13.8 Å². The van der Waals surface area contributed by atoms with E-state index in [4.69, 9.17) is 21.8 Å². The van der Waals surface area contributed by atoms with Gasteiger partial charge in [0.1, 0.15) is 0 Å². The Morgan fingerprint density at radius 2 is 2.11 bits per heavy atom. The van der Waals surface area contributed by atoms with E-state index >= 15 is 0 Å². The van der Waals surface area contributed by atoms with E-state index in [0.29, 0.717) is 0 Å². The van der Waals surface area contributed by atoms with Crippen molar-refractivity contribution >= 4 is 17.6 Å². The average molecular weight is 153 g/mol. The molecule has 0 spiro atoms. The molecule has 54 valence electrons. The first-order valence-corrected chi connectivity index (χ1v) is 2.92. The minimum absolute atomic E-state index is 0.782. The van der Waals surface area contributed by atoms with Crippen LogP contribution in [0, 0.1) is 0 Å². The Kier molecular flexibility index (Phi) is 2.46. The monoisotopic (exact) mass is 152 g/mol. The zero-order valence-electron chi connectivity index (χ0n) is 5.26. The van der Waals surface area contributed by atoms with E-state index < -0.39 is 16.9 Å². The van der Waals surface area contributed by atoms with Gasteiger partial charge in [0, 0.05) is 0 Å². The van der Waals surface area contributed by atoms with E-state index in [2.05, 4.69) is 0 Å². The number of rotatable bonds is 2. The summed E-state index contributed by atoms with van der Waals surface area (Å²) in [6.07, 6.45) is 0. The van der Waals surface area contributed by atoms with E-state index in [-0.39, 0.29) is 0 Å². The number of aliphatic carboxylic acids is 1. The smallest absolute Gasteiger partial charge is 0.336 e. The van der Waals surface area contributed by atoms with Crippen molar-refractivity contribution in [3.63, 3.8) is 0 Å². The van der Waals surface area contributed by atoms with Crippen molar-refractivity contribution in [2.24, 2.45) is 0 Å². The molecule has 2 atom stereocenters. The fraction of sp³-hybridized carbons (Fsp3) is 0.800. The second-order valence-electron chi connectivity index (χ2n) is 2.07. The van der Waals surface area contributed by atoms with Gasteiger partial charge in [-0.2, -0.15) is 0 Å². The first-order valence-electron chi connectivity index (χ1n) is 2.49. The van der Waals surface area contributed by atoms with Crippen LogP contribution in [0.1, 0.15) is 13.8 Å². The number of halogens is 1. The molecular formula is C5H9ClO3. The molecule has 0 aromatic carbocycles. The van der Waals surface area contributed by atoms with Crippen LogP contribution in [0.2, 0.25) is 0 Å². The molecule has 0 radical (unpaired) electrons. The predicted octanol–water partition coefficient (Wildman–Crippen LogP) is 0.449. The summed E-state index contributed by atoms with van der Waals surface area (Å²) < 4.78 is 0. The van der Waals surface area contributed by atoms with Crippen molar-refractivity contribution in [2.45, 2.75) is 24.8 Å². The lowest BCUT2D eigenvalue weighted by Gasteiger charge is -2.19. The SMILES string of the molecule is C[C@@H](Cl)[C@](C)(O)C(=O)O. The van der Waals surface area contributed by atoms with Gasteiger partial charge in [0.05, 0.1) is 5.38 Å². The van der Waals surface area contributed by atoms with Gasteiger partial charge in [0.15, 0.2) is 5.60 Å². The fourth-order valence-corrected chi connectivity index (χ4v) is 0.263. The number of carboxylic acid groups (broad SMARTS) is 1. The number of hydrogen-bond acceptors (Lipinski definition) is 2. The molecule has 2 N–H and O–H groups in total. The van der Waals surface area contributed by atoms with Crippen molar-refractivity contribution in [1.82, 2.24) is 0 Å². The maximum Gasteiger partial charge on any atom is 0.336 e. The number of aliphatic hydroxyl groups is 1. The molecule has 0 fully saturated rings. The molecule has 0 aromatic heterocycles. The van der Waals surface area contributed by atoms with Gasteiger partial charge in [0.2, 0.25) is 0 Å². The normalized spacial score (nSPS) is 20.4. The van der Waals surface area contributed by atoms with Crippen molar-refractivity contribution in [3.8, 4) is 0 Å². The van der Waals surface area contributed by atoms with Crippen LogP contribution in [0.5, 0.6) is 0 Å². The Balaban J connectivity index is 4.19. The summed E-state index contributed by atoms with van der Waals surface area (Å²) in [5.41, 5.74) is -1.82. The van der Waals surface area contributed by atoms with Crippen molar-refractivity contribution in [2.75, 3.05) is 0 Å². The molecule has 0 saturated carbocycles. The lowest BCUT2D eigenvalue weighted by atomic mass is 10.0. The fourth-order valence-electron chi connectivity index (χ4n) is 0.170. The van der Waals surface area contributed by atoms with Gasteiger partial charge >= 0.3 is 5.97 Å². The Bertz CT molecular complexity index is 119. The molecule has 0 saturated heterocycles. The summed E-state index contributed by atoms with van der Waals surface area (Å²) in [6.45, 7) is 2.59. The number of alkyl halides is 1. The number of carboxylic acids is 1. The highest BCUT2D eigenvalue weighted by Crippen LogP contribution is 2.14. The molecule has 0 rings (SSSR count). The van der Waals surface area contributed by atoms with E-state index in [1.54, 1.807) is 0 Å². The largest absolute Gasteiger partial charge is 0.479 e. The predicted molar refractivity (Wildman–Crippen MR) is 33.6 cm³/mol. The first-order chi connectivity index (χ1) is 3.89. The zero-order chi connectivity index (χ0) is 7.65.